The first-order valence-corrected chi connectivity index (χ1v) is 8.28. The van der Waals surface area contributed by atoms with E-state index in [0.29, 0.717) is 25.3 Å². The molecule has 22 heavy (non-hydrogen) atoms. The zero-order chi connectivity index (χ0) is 15.3. The molecular formula is C16H29ClN2O3. The van der Waals surface area contributed by atoms with Gasteiger partial charge in [-0.05, 0) is 51.0 Å². The zero-order valence-corrected chi connectivity index (χ0v) is 14.0. The molecule has 0 aromatic rings. The molecule has 0 aromatic carbocycles. The van der Waals surface area contributed by atoms with Gasteiger partial charge in [0.2, 0.25) is 5.91 Å². The van der Waals surface area contributed by atoms with Crippen molar-refractivity contribution in [1.82, 2.24) is 5.32 Å². The van der Waals surface area contributed by atoms with Gasteiger partial charge >= 0.3 is 5.97 Å². The van der Waals surface area contributed by atoms with Gasteiger partial charge in [-0.25, -0.2) is 0 Å². The molecule has 2 aliphatic rings. The minimum atomic E-state index is -0.755. The van der Waals surface area contributed by atoms with Gasteiger partial charge < -0.3 is 16.2 Å². The Labute approximate surface area is 138 Å². The third-order valence-electron chi connectivity index (χ3n) is 5.42. The van der Waals surface area contributed by atoms with Crippen LogP contribution >= 0.6 is 12.4 Å². The summed E-state index contributed by atoms with van der Waals surface area (Å²) in [6.45, 7) is 0.994. The van der Waals surface area contributed by atoms with E-state index in [4.69, 9.17) is 5.73 Å². The molecule has 128 valence electrons. The SMILES string of the molecule is Cl.NC[C@H]1CC[C@H](C(=O)NCC2(C(=O)O)CCCCC2)CC1. The lowest BCUT2D eigenvalue weighted by atomic mass is 9.74. The second kappa shape index (κ2) is 8.73. The van der Waals surface area contributed by atoms with Crippen LogP contribution in [0, 0.1) is 17.3 Å². The van der Waals surface area contributed by atoms with Gasteiger partial charge in [-0.1, -0.05) is 19.3 Å². The number of carboxylic acids is 1. The summed E-state index contributed by atoms with van der Waals surface area (Å²) in [5.41, 5.74) is 4.93. The number of hydrogen-bond donors (Lipinski definition) is 3. The monoisotopic (exact) mass is 332 g/mol. The average molecular weight is 333 g/mol. The molecule has 0 radical (unpaired) electrons. The number of amides is 1. The maximum absolute atomic E-state index is 12.3. The lowest BCUT2D eigenvalue weighted by molar-refractivity contribution is -0.151. The molecule has 0 unspecified atom stereocenters. The van der Waals surface area contributed by atoms with Crippen LogP contribution in [0.15, 0.2) is 0 Å². The van der Waals surface area contributed by atoms with Gasteiger partial charge in [-0.15, -0.1) is 12.4 Å². The Morgan fingerprint density at radius 1 is 1.09 bits per heavy atom. The highest BCUT2D eigenvalue weighted by molar-refractivity contribution is 5.85. The molecule has 1 amide bonds. The molecule has 6 heteroatoms. The van der Waals surface area contributed by atoms with Gasteiger partial charge in [0.1, 0.15) is 0 Å². The number of carbonyl (C=O) groups excluding carboxylic acids is 1. The highest BCUT2D eigenvalue weighted by Gasteiger charge is 2.40. The molecule has 5 nitrogen and oxygen atoms in total. The van der Waals surface area contributed by atoms with E-state index in [1.807, 2.05) is 0 Å². The predicted molar refractivity (Wildman–Crippen MR) is 87.9 cm³/mol. The molecule has 2 fully saturated rings. The van der Waals surface area contributed by atoms with Crippen molar-refractivity contribution in [3.63, 3.8) is 0 Å². The highest BCUT2D eigenvalue weighted by Crippen LogP contribution is 2.36. The van der Waals surface area contributed by atoms with Crippen LogP contribution in [0.5, 0.6) is 0 Å². The Bertz CT molecular complexity index is 376. The van der Waals surface area contributed by atoms with Gasteiger partial charge in [-0.2, -0.15) is 0 Å². The number of nitrogens with one attached hydrogen (secondary N) is 1. The normalized spacial score (nSPS) is 27.5. The Hall–Kier alpha value is -0.810. The first kappa shape index (κ1) is 19.2. The average Bonchev–Trinajstić information content (AvgIpc) is 2.53. The standard InChI is InChI=1S/C16H28N2O3.ClH/c17-10-12-4-6-13(7-5-12)14(19)18-11-16(15(20)21)8-2-1-3-9-16;/h12-13H,1-11,17H2,(H,18,19)(H,20,21);1H/t12-,13-;. The van der Waals surface area contributed by atoms with E-state index in [1.165, 1.54) is 0 Å². The Kier molecular flexibility index (Phi) is 7.63. The van der Waals surface area contributed by atoms with Crippen molar-refractivity contribution in [3.8, 4) is 0 Å². The summed E-state index contributed by atoms with van der Waals surface area (Å²) in [4.78, 5) is 23.8. The molecule has 0 spiro atoms. The number of carbonyl (C=O) groups is 2. The minimum Gasteiger partial charge on any atom is -0.481 e. The van der Waals surface area contributed by atoms with Crippen LogP contribution < -0.4 is 11.1 Å². The number of hydrogen-bond acceptors (Lipinski definition) is 3. The highest BCUT2D eigenvalue weighted by atomic mass is 35.5. The third kappa shape index (κ3) is 4.59. The molecule has 0 bridgehead atoms. The van der Waals surface area contributed by atoms with Crippen molar-refractivity contribution in [1.29, 1.82) is 0 Å². The van der Waals surface area contributed by atoms with E-state index >= 15 is 0 Å². The first-order chi connectivity index (χ1) is 10.1. The van der Waals surface area contributed by atoms with Crippen LogP contribution in [-0.2, 0) is 9.59 Å². The number of rotatable bonds is 5. The summed E-state index contributed by atoms with van der Waals surface area (Å²) >= 11 is 0. The maximum atomic E-state index is 12.3. The predicted octanol–water partition coefficient (Wildman–Crippen LogP) is 2.32. The fraction of sp³-hybridized carbons (Fsp3) is 0.875. The summed E-state index contributed by atoms with van der Waals surface area (Å²) in [5, 5.41) is 12.4. The first-order valence-electron chi connectivity index (χ1n) is 8.28. The number of halogens is 1. The minimum absolute atomic E-state index is 0. The molecule has 0 aliphatic heterocycles. The quantitative estimate of drug-likeness (QED) is 0.720. The summed E-state index contributed by atoms with van der Waals surface area (Å²) in [5.74, 6) is -0.119. The topological polar surface area (TPSA) is 92.4 Å². The van der Waals surface area contributed by atoms with E-state index in [-0.39, 0.29) is 30.8 Å². The summed E-state index contributed by atoms with van der Waals surface area (Å²) in [6.07, 6.45) is 8.16. The molecule has 0 aromatic heterocycles. The zero-order valence-electron chi connectivity index (χ0n) is 13.2. The van der Waals surface area contributed by atoms with Gasteiger partial charge in [0.25, 0.3) is 0 Å². The molecule has 2 aliphatic carbocycles. The van der Waals surface area contributed by atoms with Crippen LogP contribution in [0.25, 0.3) is 0 Å². The summed E-state index contributed by atoms with van der Waals surface area (Å²) in [7, 11) is 0. The molecule has 0 heterocycles. The van der Waals surface area contributed by atoms with Crippen molar-refractivity contribution in [2.24, 2.45) is 23.0 Å². The molecule has 0 atom stereocenters. The van der Waals surface area contributed by atoms with Crippen LogP contribution in [0.2, 0.25) is 0 Å². The van der Waals surface area contributed by atoms with Crippen molar-refractivity contribution >= 4 is 24.3 Å². The molecular weight excluding hydrogens is 304 g/mol. The van der Waals surface area contributed by atoms with Crippen LogP contribution in [0.1, 0.15) is 57.8 Å². The number of aliphatic carboxylic acids is 1. The lowest BCUT2D eigenvalue weighted by Gasteiger charge is -2.34. The van der Waals surface area contributed by atoms with Gasteiger partial charge in [0, 0.05) is 12.5 Å². The fourth-order valence-electron chi connectivity index (χ4n) is 3.76. The second-order valence-electron chi connectivity index (χ2n) is 6.82. The van der Waals surface area contributed by atoms with Gasteiger partial charge in [0.05, 0.1) is 5.41 Å². The van der Waals surface area contributed by atoms with Crippen LogP contribution in [0.3, 0.4) is 0 Å². The summed E-state index contributed by atoms with van der Waals surface area (Å²) in [6, 6.07) is 0. The van der Waals surface area contributed by atoms with Gasteiger partial charge in [0.15, 0.2) is 0 Å². The number of carboxylic acid groups (broad SMARTS) is 1. The van der Waals surface area contributed by atoms with Crippen molar-refractivity contribution in [3.05, 3.63) is 0 Å². The Morgan fingerprint density at radius 2 is 1.68 bits per heavy atom. The Balaban J connectivity index is 0.00000242. The molecule has 2 rings (SSSR count). The van der Waals surface area contributed by atoms with Crippen molar-refractivity contribution < 1.29 is 14.7 Å². The smallest absolute Gasteiger partial charge is 0.311 e. The van der Waals surface area contributed by atoms with E-state index in [1.54, 1.807) is 0 Å². The van der Waals surface area contributed by atoms with E-state index in [9.17, 15) is 14.7 Å². The maximum Gasteiger partial charge on any atom is 0.311 e. The molecule has 4 N–H and O–H groups in total. The molecule has 2 saturated carbocycles. The largest absolute Gasteiger partial charge is 0.481 e. The fourth-order valence-corrected chi connectivity index (χ4v) is 3.76. The van der Waals surface area contributed by atoms with Crippen molar-refractivity contribution in [2.75, 3.05) is 13.1 Å². The van der Waals surface area contributed by atoms with Crippen molar-refractivity contribution in [2.45, 2.75) is 57.8 Å². The van der Waals surface area contributed by atoms with E-state index in [2.05, 4.69) is 5.32 Å². The van der Waals surface area contributed by atoms with Gasteiger partial charge in [-0.3, -0.25) is 9.59 Å². The Morgan fingerprint density at radius 3 is 2.18 bits per heavy atom. The lowest BCUT2D eigenvalue weighted by Crippen LogP contribution is -2.46. The number of nitrogens with two attached hydrogens (primary N) is 1. The summed E-state index contributed by atoms with van der Waals surface area (Å²) < 4.78 is 0. The molecule has 0 saturated heterocycles. The third-order valence-corrected chi connectivity index (χ3v) is 5.42. The van der Waals surface area contributed by atoms with E-state index in [0.717, 1.165) is 44.9 Å². The second-order valence-corrected chi connectivity index (χ2v) is 6.82. The van der Waals surface area contributed by atoms with Crippen LogP contribution in [0.4, 0.5) is 0 Å². The van der Waals surface area contributed by atoms with Crippen LogP contribution in [-0.4, -0.2) is 30.1 Å². The van der Waals surface area contributed by atoms with E-state index < -0.39 is 11.4 Å².